The summed E-state index contributed by atoms with van der Waals surface area (Å²) in [4.78, 5) is 12.7. The van der Waals surface area contributed by atoms with Gasteiger partial charge in [-0.3, -0.25) is 9.36 Å². The molecule has 0 atom stereocenters. The van der Waals surface area contributed by atoms with E-state index in [1.165, 1.54) is 36.4 Å². The molecule has 4 aromatic rings. The van der Waals surface area contributed by atoms with Gasteiger partial charge in [-0.2, -0.15) is 5.10 Å². The number of hydrazone groups is 1. The highest BCUT2D eigenvalue weighted by molar-refractivity contribution is 7.99. The predicted octanol–water partition coefficient (Wildman–Crippen LogP) is 6.89. The molecule has 1 N–H and O–H groups in total. The number of amides is 1. The van der Waals surface area contributed by atoms with Crippen molar-refractivity contribution in [2.24, 2.45) is 5.10 Å². The van der Waals surface area contributed by atoms with Gasteiger partial charge in [0.2, 0.25) is 0 Å². The summed E-state index contributed by atoms with van der Waals surface area (Å²) in [5, 5.41) is 17.1. The molecule has 0 spiro atoms. The molecule has 0 bridgehead atoms. The topological polar surface area (TPSA) is 72.2 Å². The number of carbonyl (C=O) groups is 1. The SMILES string of the molecule is C/C(=N\NC(=O)CSc1nnc(-c2ccc(Cl)cc2)n1C1CCCCC1)c1ccc2ccccc2c1. The first-order valence-electron chi connectivity index (χ1n) is 12.2. The van der Waals surface area contributed by atoms with Crippen molar-refractivity contribution in [3.05, 3.63) is 77.3 Å². The third-order valence-electron chi connectivity index (χ3n) is 6.55. The molecule has 5 rings (SSSR count). The van der Waals surface area contributed by atoms with Gasteiger partial charge >= 0.3 is 0 Å². The van der Waals surface area contributed by atoms with Gasteiger partial charge < -0.3 is 0 Å². The zero-order chi connectivity index (χ0) is 24.9. The van der Waals surface area contributed by atoms with Crippen molar-refractivity contribution in [3.8, 4) is 11.4 Å². The van der Waals surface area contributed by atoms with E-state index in [0.717, 1.165) is 46.0 Å². The van der Waals surface area contributed by atoms with E-state index in [-0.39, 0.29) is 11.7 Å². The monoisotopic (exact) mass is 517 g/mol. The largest absolute Gasteiger partial charge is 0.299 e. The fourth-order valence-corrected chi connectivity index (χ4v) is 5.55. The molecule has 0 radical (unpaired) electrons. The predicted molar refractivity (Wildman–Crippen MR) is 148 cm³/mol. The summed E-state index contributed by atoms with van der Waals surface area (Å²) >= 11 is 7.49. The molecule has 1 heterocycles. The lowest BCUT2D eigenvalue weighted by molar-refractivity contribution is -0.118. The summed E-state index contributed by atoms with van der Waals surface area (Å²) in [6.07, 6.45) is 5.82. The Morgan fingerprint density at radius 1 is 1.03 bits per heavy atom. The highest BCUT2D eigenvalue weighted by atomic mass is 35.5. The van der Waals surface area contributed by atoms with Crippen molar-refractivity contribution >= 4 is 45.8 Å². The van der Waals surface area contributed by atoms with Crippen molar-refractivity contribution in [2.75, 3.05) is 5.75 Å². The second-order valence-electron chi connectivity index (χ2n) is 9.06. The number of fused-ring (bicyclic) bond motifs is 1. The molecule has 8 heteroatoms. The van der Waals surface area contributed by atoms with E-state index >= 15 is 0 Å². The minimum Gasteiger partial charge on any atom is -0.299 e. The van der Waals surface area contributed by atoms with Gasteiger partial charge in [0.15, 0.2) is 11.0 Å². The standard InChI is InChI=1S/C28H28ClN5OS/c1-19(22-12-11-20-7-5-6-8-23(20)17-22)30-31-26(35)18-36-28-33-32-27(21-13-15-24(29)16-14-21)34(28)25-9-3-2-4-10-25/h5-8,11-17,25H,2-4,9-10,18H2,1H3,(H,31,35)/b30-19+. The van der Waals surface area contributed by atoms with Gasteiger partial charge in [-0.25, -0.2) is 5.43 Å². The second-order valence-corrected chi connectivity index (χ2v) is 10.4. The summed E-state index contributed by atoms with van der Waals surface area (Å²) in [5.41, 5.74) is 5.41. The van der Waals surface area contributed by atoms with E-state index in [9.17, 15) is 4.79 Å². The summed E-state index contributed by atoms with van der Waals surface area (Å²) < 4.78 is 2.21. The Labute approximate surface area is 220 Å². The van der Waals surface area contributed by atoms with Crippen molar-refractivity contribution in [2.45, 2.75) is 50.2 Å². The van der Waals surface area contributed by atoms with Crippen LogP contribution < -0.4 is 5.43 Å². The van der Waals surface area contributed by atoms with Crippen LogP contribution in [0.1, 0.15) is 50.6 Å². The van der Waals surface area contributed by atoms with Gasteiger partial charge in [0.25, 0.3) is 5.91 Å². The molecular weight excluding hydrogens is 490 g/mol. The van der Waals surface area contributed by atoms with Crippen LogP contribution in [0.15, 0.2) is 77.0 Å². The zero-order valence-electron chi connectivity index (χ0n) is 20.2. The molecule has 0 aliphatic heterocycles. The first-order valence-corrected chi connectivity index (χ1v) is 13.6. The van der Waals surface area contributed by atoms with Crippen LogP contribution in [-0.4, -0.2) is 32.1 Å². The number of thioether (sulfide) groups is 1. The molecule has 3 aromatic carbocycles. The van der Waals surface area contributed by atoms with Crippen LogP contribution >= 0.6 is 23.4 Å². The molecule has 1 aliphatic rings. The fraction of sp³-hybridized carbons (Fsp3) is 0.286. The highest BCUT2D eigenvalue weighted by Crippen LogP contribution is 2.35. The summed E-state index contributed by atoms with van der Waals surface area (Å²) in [5.74, 6) is 0.859. The van der Waals surface area contributed by atoms with Gasteiger partial charge in [0, 0.05) is 16.6 Å². The number of halogens is 1. The van der Waals surface area contributed by atoms with E-state index in [1.807, 2.05) is 49.4 Å². The molecule has 1 fully saturated rings. The molecular formula is C28H28ClN5OS. The first-order chi connectivity index (χ1) is 17.6. The maximum Gasteiger partial charge on any atom is 0.250 e. The Hall–Kier alpha value is -3.16. The van der Waals surface area contributed by atoms with E-state index in [4.69, 9.17) is 11.6 Å². The number of hydrogen-bond acceptors (Lipinski definition) is 5. The molecule has 0 unspecified atom stereocenters. The van der Waals surface area contributed by atoms with Gasteiger partial charge in [0.1, 0.15) is 0 Å². The minimum atomic E-state index is -0.175. The lowest BCUT2D eigenvalue weighted by atomic mass is 9.95. The van der Waals surface area contributed by atoms with Crippen molar-refractivity contribution < 1.29 is 4.79 Å². The number of aromatic nitrogens is 3. The number of hydrogen-bond donors (Lipinski definition) is 1. The third-order valence-corrected chi connectivity index (χ3v) is 7.75. The van der Waals surface area contributed by atoms with Crippen molar-refractivity contribution in [1.29, 1.82) is 0 Å². The smallest absolute Gasteiger partial charge is 0.250 e. The molecule has 1 amide bonds. The Morgan fingerprint density at radius 3 is 2.56 bits per heavy atom. The van der Waals surface area contributed by atoms with Crippen LogP contribution in [0, 0.1) is 0 Å². The molecule has 1 aliphatic carbocycles. The summed E-state index contributed by atoms with van der Waals surface area (Å²) in [7, 11) is 0. The highest BCUT2D eigenvalue weighted by Gasteiger charge is 2.24. The molecule has 6 nitrogen and oxygen atoms in total. The van der Waals surface area contributed by atoms with Crippen molar-refractivity contribution in [1.82, 2.24) is 20.2 Å². The van der Waals surface area contributed by atoms with Crippen LogP contribution in [0.2, 0.25) is 5.02 Å². The number of carbonyl (C=O) groups excluding carboxylic acids is 1. The van der Waals surface area contributed by atoms with Crippen molar-refractivity contribution in [3.63, 3.8) is 0 Å². The second kappa shape index (κ2) is 11.3. The van der Waals surface area contributed by atoms with Gasteiger partial charge in [-0.15, -0.1) is 10.2 Å². The van der Waals surface area contributed by atoms with Gasteiger partial charge in [-0.05, 0) is 66.4 Å². The van der Waals surface area contributed by atoms with Gasteiger partial charge in [-0.1, -0.05) is 79.0 Å². The molecule has 0 saturated heterocycles. The van der Waals surface area contributed by atoms with Crippen LogP contribution in [0.5, 0.6) is 0 Å². The minimum absolute atomic E-state index is 0.175. The van der Waals surface area contributed by atoms with Crippen LogP contribution in [-0.2, 0) is 4.79 Å². The quantitative estimate of drug-likeness (QED) is 0.164. The molecule has 36 heavy (non-hydrogen) atoms. The number of benzene rings is 3. The van der Waals surface area contributed by atoms with Crippen LogP contribution in [0.3, 0.4) is 0 Å². The lowest BCUT2D eigenvalue weighted by Crippen LogP contribution is -2.22. The number of nitrogens with zero attached hydrogens (tertiary/aromatic N) is 4. The molecule has 1 saturated carbocycles. The Morgan fingerprint density at radius 2 is 1.78 bits per heavy atom. The van der Waals surface area contributed by atoms with Crippen LogP contribution in [0.4, 0.5) is 0 Å². The fourth-order valence-electron chi connectivity index (χ4n) is 4.63. The Kier molecular flexibility index (Phi) is 7.68. The summed E-state index contributed by atoms with van der Waals surface area (Å²) in [6.45, 7) is 1.90. The van der Waals surface area contributed by atoms with Crippen LogP contribution in [0.25, 0.3) is 22.2 Å². The first kappa shape index (κ1) is 24.5. The maximum absolute atomic E-state index is 12.7. The Bertz CT molecular complexity index is 1390. The Balaban J connectivity index is 1.28. The average molecular weight is 518 g/mol. The van der Waals surface area contributed by atoms with E-state index < -0.39 is 0 Å². The van der Waals surface area contributed by atoms with E-state index in [0.29, 0.717) is 11.1 Å². The number of rotatable bonds is 7. The van der Waals surface area contributed by atoms with E-state index in [1.54, 1.807) is 0 Å². The zero-order valence-corrected chi connectivity index (χ0v) is 21.7. The summed E-state index contributed by atoms with van der Waals surface area (Å²) in [6, 6.07) is 22.4. The third kappa shape index (κ3) is 5.63. The lowest BCUT2D eigenvalue weighted by Gasteiger charge is -2.25. The number of nitrogens with one attached hydrogen (secondary N) is 1. The average Bonchev–Trinajstić information content (AvgIpc) is 3.35. The normalized spacial score (nSPS) is 14.8. The van der Waals surface area contributed by atoms with E-state index in [2.05, 4.69) is 49.6 Å². The van der Waals surface area contributed by atoms with Gasteiger partial charge in [0.05, 0.1) is 11.5 Å². The maximum atomic E-state index is 12.7. The molecule has 184 valence electrons. The molecule has 1 aromatic heterocycles.